The van der Waals surface area contributed by atoms with Crippen LogP contribution in [-0.4, -0.2) is 32.6 Å². The van der Waals surface area contributed by atoms with Gasteiger partial charge in [-0.15, -0.1) is 10.2 Å². The summed E-state index contributed by atoms with van der Waals surface area (Å²) in [5.41, 5.74) is 9.41. The number of pyridine rings is 1. The molecule has 38 heavy (non-hydrogen) atoms. The number of carbonyl (C=O) groups excluding carboxylic acids is 2. The van der Waals surface area contributed by atoms with Gasteiger partial charge in [-0.3, -0.25) is 14.5 Å². The average Bonchev–Trinajstić information content (AvgIpc) is 3.37. The van der Waals surface area contributed by atoms with Crippen molar-refractivity contribution in [3.63, 3.8) is 0 Å². The van der Waals surface area contributed by atoms with Crippen LogP contribution in [0.5, 0.6) is 0 Å². The van der Waals surface area contributed by atoms with E-state index in [4.69, 9.17) is 17.3 Å². The number of nitrogens with two attached hydrogens (primary N) is 1. The molecule has 1 aliphatic heterocycles. The number of aromatic nitrogens is 3. The molecule has 5 rings (SSSR count). The van der Waals surface area contributed by atoms with E-state index in [1.807, 2.05) is 24.3 Å². The Balaban J connectivity index is 1.44. The third-order valence-electron chi connectivity index (χ3n) is 6.08. The van der Waals surface area contributed by atoms with E-state index < -0.39 is 5.92 Å². The molecule has 192 valence electrons. The maximum absolute atomic E-state index is 13.3. The lowest BCUT2D eigenvalue weighted by Gasteiger charge is -2.38. The summed E-state index contributed by atoms with van der Waals surface area (Å²) in [5, 5.41) is 22.0. The molecule has 2 aliphatic rings. The molecule has 13 heteroatoms. The summed E-state index contributed by atoms with van der Waals surface area (Å²) in [7, 11) is 0. The fraction of sp³-hybridized carbons (Fsp3) is 0.200. The lowest BCUT2D eigenvalue weighted by atomic mass is 9.76. The van der Waals surface area contributed by atoms with Crippen LogP contribution < -0.4 is 16.0 Å². The predicted octanol–water partition coefficient (Wildman–Crippen LogP) is 5.38. The molecule has 0 fully saturated rings. The summed E-state index contributed by atoms with van der Waals surface area (Å²) in [5.74, 6) is -0.560. The zero-order valence-electron chi connectivity index (χ0n) is 19.6. The van der Waals surface area contributed by atoms with Gasteiger partial charge in [0.05, 0.1) is 29.0 Å². The van der Waals surface area contributed by atoms with Crippen molar-refractivity contribution < 1.29 is 9.59 Å². The number of amides is 1. The molecule has 0 saturated carbocycles. The Morgan fingerprint density at radius 3 is 2.87 bits per heavy atom. The zero-order valence-corrected chi connectivity index (χ0v) is 23.6. The second-order valence-electron chi connectivity index (χ2n) is 8.37. The molecule has 3 heterocycles. The molecule has 1 unspecified atom stereocenters. The number of rotatable bonds is 6. The van der Waals surface area contributed by atoms with Crippen molar-refractivity contribution in [2.24, 2.45) is 5.73 Å². The van der Waals surface area contributed by atoms with Crippen molar-refractivity contribution in [3.05, 3.63) is 80.4 Å². The van der Waals surface area contributed by atoms with Crippen molar-refractivity contribution in [1.29, 1.82) is 5.26 Å². The highest BCUT2D eigenvalue weighted by atomic mass is 79.9. The summed E-state index contributed by atoms with van der Waals surface area (Å²) in [6.45, 7) is 0. The summed E-state index contributed by atoms with van der Waals surface area (Å²) in [6.07, 6.45) is 3.22. The minimum absolute atomic E-state index is 0.0119. The van der Waals surface area contributed by atoms with Crippen LogP contribution in [0, 0.1) is 11.3 Å². The van der Waals surface area contributed by atoms with Gasteiger partial charge in [0, 0.05) is 28.4 Å². The highest BCUT2D eigenvalue weighted by Crippen LogP contribution is 2.48. The van der Waals surface area contributed by atoms with Gasteiger partial charge < -0.3 is 11.1 Å². The molecule has 0 spiro atoms. The van der Waals surface area contributed by atoms with E-state index in [0.717, 1.165) is 15.7 Å². The van der Waals surface area contributed by atoms with Crippen LogP contribution >= 0.6 is 50.6 Å². The van der Waals surface area contributed by atoms with Gasteiger partial charge in [0.2, 0.25) is 11.0 Å². The molecule has 0 radical (unpaired) electrons. The quantitative estimate of drug-likeness (QED) is 0.272. The summed E-state index contributed by atoms with van der Waals surface area (Å²) >= 11 is 12.0. The number of Topliss-reactive ketones (excluding diaryl/α,β-unsaturated/α-hetero) is 1. The van der Waals surface area contributed by atoms with E-state index >= 15 is 0 Å². The number of nitriles is 1. The van der Waals surface area contributed by atoms with E-state index in [1.165, 1.54) is 29.3 Å². The Bertz CT molecular complexity index is 1550. The molecule has 2 aromatic heterocycles. The van der Waals surface area contributed by atoms with Crippen molar-refractivity contribution >= 4 is 73.1 Å². The van der Waals surface area contributed by atoms with Gasteiger partial charge in [0.25, 0.3) is 0 Å². The second kappa shape index (κ2) is 11.2. The van der Waals surface area contributed by atoms with Crippen LogP contribution in [0.25, 0.3) is 0 Å². The van der Waals surface area contributed by atoms with E-state index in [9.17, 15) is 14.9 Å². The number of nitrogens with one attached hydrogen (secondary N) is 1. The van der Waals surface area contributed by atoms with E-state index in [2.05, 4.69) is 42.5 Å². The standard InChI is InChI=1S/C25H19BrClN7O2S2/c26-15-6-2-1-5-13(15)20-14(11-28)23(29)34(17-8-3-9-18(35)21(17)20)24-32-33-25(38-24)37-12-19(36)31-16-7-4-10-30-22(16)27/h1-2,4-7,10,20H,3,8-9,12,29H2,(H,31,36). The lowest BCUT2D eigenvalue weighted by molar-refractivity contribution is -0.116. The van der Waals surface area contributed by atoms with Gasteiger partial charge >= 0.3 is 0 Å². The molecule has 0 saturated heterocycles. The highest BCUT2D eigenvalue weighted by Gasteiger charge is 2.41. The van der Waals surface area contributed by atoms with Gasteiger partial charge in [0.1, 0.15) is 5.82 Å². The molecule has 3 N–H and O–H groups in total. The number of carbonyl (C=O) groups is 2. The first-order chi connectivity index (χ1) is 18.4. The van der Waals surface area contributed by atoms with Crippen molar-refractivity contribution in [3.8, 4) is 6.07 Å². The first kappa shape index (κ1) is 26.4. The summed E-state index contributed by atoms with van der Waals surface area (Å²) in [4.78, 5) is 31.3. The van der Waals surface area contributed by atoms with Crippen molar-refractivity contribution in [2.45, 2.75) is 29.5 Å². The second-order valence-corrected chi connectivity index (χ2v) is 11.8. The number of benzene rings is 1. The van der Waals surface area contributed by atoms with Crippen LogP contribution in [0.3, 0.4) is 0 Å². The minimum Gasteiger partial charge on any atom is -0.384 e. The average molecular weight is 629 g/mol. The van der Waals surface area contributed by atoms with Crippen molar-refractivity contribution in [2.75, 3.05) is 16.0 Å². The van der Waals surface area contributed by atoms with Gasteiger partial charge in [-0.2, -0.15) is 5.26 Å². The van der Waals surface area contributed by atoms with E-state index in [0.29, 0.717) is 40.0 Å². The smallest absolute Gasteiger partial charge is 0.234 e. The van der Waals surface area contributed by atoms with Gasteiger partial charge in [0.15, 0.2) is 15.3 Å². The molecule has 1 aliphatic carbocycles. The monoisotopic (exact) mass is 627 g/mol. The lowest BCUT2D eigenvalue weighted by Crippen LogP contribution is -2.38. The first-order valence-corrected chi connectivity index (χ1v) is 14.4. The van der Waals surface area contributed by atoms with Crippen LogP contribution in [0.15, 0.2) is 74.1 Å². The van der Waals surface area contributed by atoms with Gasteiger partial charge in [-0.1, -0.05) is 68.8 Å². The number of hydrogen-bond donors (Lipinski definition) is 2. The minimum atomic E-state index is -0.570. The molecule has 1 aromatic carbocycles. The molecule has 3 aromatic rings. The van der Waals surface area contributed by atoms with Gasteiger partial charge in [-0.25, -0.2) is 4.98 Å². The Hall–Kier alpha value is -3.24. The third-order valence-corrected chi connectivity index (χ3v) is 9.14. The number of halogens is 2. The molecule has 9 nitrogen and oxygen atoms in total. The maximum atomic E-state index is 13.3. The summed E-state index contributed by atoms with van der Waals surface area (Å²) in [6, 6.07) is 13.1. The van der Waals surface area contributed by atoms with Crippen molar-refractivity contribution in [1.82, 2.24) is 15.2 Å². The normalized spacial score (nSPS) is 17.3. The maximum Gasteiger partial charge on any atom is 0.234 e. The SMILES string of the molecule is N#CC1=C(N)N(c2nnc(SCC(=O)Nc3cccnc3Cl)s2)C2=C(C(=O)CCC2)C1c1ccccc1Br. The third kappa shape index (κ3) is 5.07. The van der Waals surface area contributed by atoms with Crippen LogP contribution in [0.2, 0.25) is 5.15 Å². The van der Waals surface area contributed by atoms with Gasteiger partial charge in [-0.05, 0) is 36.6 Å². The molecular formula is C25H19BrClN7O2S2. The number of nitrogens with zero attached hydrogens (tertiary/aromatic N) is 5. The predicted molar refractivity (Wildman–Crippen MR) is 151 cm³/mol. The van der Waals surface area contributed by atoms with Crippen LogP contribution in [0.1, 0.15) is 30.7 Å². The number of allylic oxidation sites excluding steroid dienone is 3. The summed E-state index contributed by atoms with van der Waals surface area (Å²) < 4.78 is 1.33. The molecule has 0 bridgehead atoms. The number of anilines is 2. The Morgan fingerprint density at radius 2 is 2.11 bits per heavy atom. The van der Waals surface area contributed by atoms with Crippen LogP contribution in [0.4, 0.5) is 10.8 Å². The topological polar surface area (TPSA) is 138 Å². The fourth-order valence-electron chi connectivity index (χ4n) is 4.47. The van der Waals surface area contributed by atoms with E-state index in [1.54, 1.807) is 17.0 Å². The molecular weight excluding hydrogens is 610 g/mol. The fourth-order valence-corrected chi connectivity index (χ4v) is 6.83. The number of hydrogen-bond acceptors (Lipinski definition) is 10. The number of ketones is 1. The number of thioether (sulfide) groups is 1. The Labute approximate surface area is 239 Å². The zero-order chi connectivity index (χ0) is 26.8. The highest BCUT2D eigenvalue weighted by molar-refractivity contribution is 9.10. The largest absolute Gasteiger partial charge is 0.384 e. The van der Waals surface area contributed by atoms with E-state index in [-0.39, 0.29) is 34.0 Å². The van der Waals surface area contributed by atoms with Crippen LogP contribution in [-0.2, 0) is 9.59 Å². The molecule has 1 amide bonds. The Morgan fingerprint density at radius 1 is 1.29 bits per heavy atom. The Kier molecular flexibility index (Phi) is 7.80. The molecule has 1 atom stereocenters. The first-order valence-electron chi connectivity index (χ1n) is 11.5.